The van der Waals surface area contributed by atoms with Crippen LogP contribution in [-0.2, 0) is 14.3 Å². The molecule has 2 amide bonds. The molecule has 0 aromatic carbocycles. The lowest BCUT2D eigenvalue weighted by molar-refractivity contribution is -0.135. The summed E-state index contributed by atoms with van der Waals surface area (Å²) in [5, 5.41) is 4.62. The minimum Gasteiger partial charge on any atom is -0.379 e. The van der Waals surface area contributed by atoms with Crippen LogP contribution in [0.5, 0.6) is 0 Å². The highest BCUT2D eigenvalue weighted by Gasteiger charge is 2.24. The van der Waals surface area contributed by atoms with E-state index in [9.17, 15) is 9.59 Å². The van der Waals surface area contributed by atoms with Crippen LogP contribution in [-0.4, -0.2) is 37.5 Å². The molecule has 6 heteroatoms. The minimum atomic E-state index is -0.660. The van der Waals surface area contributed by atoms with Crippen molar-refractivity contribution in [3.63, 3.8) is 0 Å². The van der Waals surface area contributed by atoms with Gasteiger partial charge in [-0.05, 0) is 18.8 Å². The largest absolute Gasteiger partial charge is 0.379 e. The number of hydrogen-bond acceptors (Lipinski definition) is 4. The highest BCUT2D eigenvalue weighted by atomic mass is 16.5. The van der Waals surface area contributed by atoms with Crippen LogP contribution >= 0.6 is 0 Å². The van der Waals surface area contributed by atoms with Crippen molar-refractivity contribution in [3.05, 3.63) is 0 Å². The summed E-state index contributed by atoms with van der Waals surface area (Å²) < 4.78 is 5.34. The van der Waals surface area contributed by atoms with Gasteiger partial charge in [0.25, 0.3) is 0 Å². The summed E-state index contributed by atoms with van der Waals surface area (Å²) in [6.45, 7) is 1.76. The maximum Gasteiger partial charge on any atom is 0.316 e. The number of aliphatic imine (C=N–C) groups is 1. The third-order valence-electron chi connectivity index (χ3n) is 2.23. The van der Waals surface area contributed by atoms with Crippen molar-refractivity contribution in [2.24, 2.45) is 10.9 Å². The van der Waals surface area contributed by atoms with Crippen LogP contribution in [0.15, 0.2) is 4.99 Å². The van der Waals surface area contributed by atoms with Crippen LogP contribution < -0.4 is 10.6 Å². The molecule has 1 saturated carbocycles. The van der Waals surface area contributed by atoms with Crippen LogP contribution in [0.1, 0.15) is 12.8 Å². The van der Waals surface area contributed by atoms with Crippen molar-refractivity contribution >= 4 is 17.8 Å². The van der Waals surface area contributed by atoms with E-state index in [1.165, 1.54) is 12.8 Å². The lowest BCUT2D eigenvalue weighted by atomic mass is 10.5. The van der Waals surface area contributed by atoms with E-state index in [1.54, 1.807) is 0 Å². The molecule has 15 heavy (non-hydrogen) atoms. The molecule has 0 radical (unpaired) electrons. The SMILES string of the molecule is O=C1NC(=NCCOCC2CC2)NC1=O. The number of amides is 2. The summed E-state index contributed by atoms with van der Waals surface area (Å²) in [6.07, 6.45) is 2.53. The average molecular weight is 211 g/mol. The second-order valence-electron chi connectivity index (χ2n) is 3.66. The van der Waals surface area contributed by atoms with Gasteiger partial charge in [0.15, 0.2) is 0 Å². The summed E-state index contributed by atoms with van der Waals surface area (Å²) in [7, 11) is 0. The van der Waals surface area contributed by atoms with Gasteiger partial charge in [0.2, 0.25) is 5.96 Å². The fourth-order valence-corrected chi connectivity index (χ4v) is 1.20. The first-order valence-corrected chi connectivity index (χ1v) is 5.00. The van der Waals surface area contributed by atoms with Gasteiger partial charge < -0.3 is 4.74 Å². The number of nitrogens with one attached hydrogen (secondary N) is 2. The van der Waals surface area contributed by atoms with Crippen LogP contribution in [0, 0.1) is 5.92 Å². The zero-order chi connectivity index (χ0) is 10.7. The molecule has 82 valence electrons. The molecule has 1 aliphatic carbocycles. The van der Waals surface area contributed by atoms with E-state index in [1.807, 2.05) is 0 Å². The number of carbonyl (C=O) groups excluding carboxylic acids is 2. The Morgan fingerprint density at radius 2 is 1.93 bits per heavy atom. The molecule has 2 fully saturated rings. The molecule has 6 nitrogen and oxygen atoms in total. The monoisotopic (exact) mass is 211 g/mol. The molecule has 2 rings (SSSR count). The quantitative estimate of drug-likeness (QED) is 0.453. The number of guanidine groups is 1. The Kier molecular flexibility index (Phi) is 2.96. The third-order valence-corrected chi connectivity index (χ3v) is 2.23. The summed E-state index contributed by atoms with van der Waals surface area (Å²) in [5.74, 6) is -0.358. The molecular weight excluding hydrogens is 198 g/mol. The number of rotatable bonds is 5. The Balaban J connectivity index is 1.61. The van der Waals surface area contributed by atoms with Crippen molar-refractivity contribution in [2.75, 3.05) is 19.8 Å². The first-order chi connectivity index (χ1) is 7.25. The summed E-state index contributed by atoms with van der Waals surface area (Å²) in [6, 6.07) is 0. The van der Waals surface area contributed by atoms with Gasteiger partial charge in [0.05, 0.1) is 13.2 Å². The van der Waals surface area contributed by atoms with Crippen LogP contribution in [0.25, 0.3) is 0 Å². The Hall–Kier alpha value is -1.43. The minimum absolute atomic E-state index is 0.222. The Bertz CT molecular complexity index is 292. The lowest BCUT2D eigenvalue weighted by Gasteiger charge is -2.00. The standard InChI is InChI=1S/C9H13N3O3/c13-7-8(14)12-9(11-7)10-3-4-15-5-6-1-2-6/h6H,1-5H2,(H2,10,11,12,13,14). The van der Waals surface area contributed by atoms with Crippen LogP contribution in [0.3, 0.4) is 0 Å². The number of carbonyl (C=O) groups is 2. The summed E-state index contributed by atoms with van der Waals surface area (Å²) >= 11 is 0. The molecule has 0 bridgehead atoms. The fourth-order valence-electron chi connectivity index (χ4n) is 1.20. The van der Waals surface area contributed by atoms with E-state index in [0.29, 0.717) is 13.2 Å². The first kappa shape index (κ1) is 10.1. The predicted octanol–water partition coefficient (Wildman–Crippen LogP) is -0.985. The van der Waals surface area contributed by atoms with Gasteiger partial charge >= 0.3 is 11.8 Å². The molecule has 0 unspecified atom stereocenters. The van der Waals surface area contributed by atoms with E-state index in [2.05, 4.69) is 15.6 Å². The highest BCUT2D eigenvalue weighted by molar-refractivity contribution is 6.45. The molecule has 1 heterocycles. The first-order valence-electron chi connectivity index (χ1n) is 5.00. The zero-order valence-electron chi connectivity index (χ0n) is 8.28. The molecule has 0 aromatic rings. The molecule has 2 N–H and O–H groups in total. The third kappa shape index (κ3) is 3.02. The Morgan fingerprint density at radius 3 is 2.53 bits per heavy atom. The second-order valence-corrected chi connectivity index (χ2v) is 3.66. The lowest BCUT2D eigenvalue weighted by Crippen LogP contribution is -2.26. The van der Waals surface area contributed by atoms with Crippen LogP contribution in [0.2, 0.25) is 0 Å². The van der Waals surface area contributed by atoms with Crippen molar-refractivity contribution < 1.29 is 14.3 Å². The fraction of sp³-hybridized carbons (Fsp3) is 0.667. The van der Waals surface area contributed by atoms with Crippen molar-refractivity contribution in [1.29, 1.82) is 0 Å². The Labute approximate surface area is 87.1 Å². The molecular formula is C9H13N3O3. The summed E-state index contributed by atoms with van der Waals surface area (Å²) in [4.78, 5) is 25.4. The Morgan fingerprint density at radius 1 is 1.27 bits per heavy atom. The van der Waals surface area contributed by atoms with Gasteiger partial charge in [-0.3, -0.25) is 25.2 Å². The second kappa shape index (κ2) is 4.39. The van der Waals surface area contributed by atoms with Crippen molar-refractivity contribution in [1.82, 2.24) is 10.6 Å². The molecule has 0 atom stereocenters. The van der Waals surface area contributed by atoms with E-state index in [-0.39, 0.29) is 5.96 Å². The molecule has 1 saturated heterocycles. The van der Waals surface area contributed by atoms with Gasteiger partial charge in [0, 0.05) is 6.61 Å². The van der Waals surface area contributed by atoms with Crippen molar-refractivity contribution in [2.45, 2.75) is 12.8 Å². The summed E-state index contributed by atoms with van der Waals surface area (Å²) in [5.41, 5.74) is 0. The van der Waals surface area contributed by atoms with Gasteiger partial charge in [-0.2, -0.15) is 0 Å². The number of hydrogen-bond donors (Lipinski definition) is 2. The molecule has 2 aliphatic rings. The topological polar surface area (TPSA) is 79.8 Å². The van der Waals surface area contributed by atoms with Gasteiger partial charge in [-0.25, -0.2) is 0 Å². The molecule has 1 aliphatic heterocycles. The van der Waals surface area contributed by atoms with Crippen molar-refractivity contribution in [3.8, 4) is 0 Å². The zero-order valence-corrected chi connectivity index (χ0v) is 8.28. The van der Waals surface area contributed by atoms with E-state index in [4.69, 9.17) is 4.74 Å². The van der Waals surface area contributed by atoms with Gasteiger partial charge in [-0.15, -0.1) is 0 Å². The van der Waals surface area contributed by atoms with E-state index < -0.39 is 11.8 Å². The van der Waals surface area contributed by atoms with Gasteiger partial charge in [0.1, 0.15) is 0 Å². The average Bonchev–Trinajstić information content (AvgIpc) is 2.95. The maximum atomic E-state index is 10.7. The van der Waals surface area contributed by atoms with Gasteiger partial charge in [-0.1, -0.05) is 0 Å². The van der Waals surface area contributed by atoms with E-state index in [0.717, 1.165) is 12.5 Å². The normalized spacial score (nSPS) is 20.1. The highest BCUT2D eigenvalue weighted by Crippen LogP contribution is 2.28. The van der Waals surface area contributed by atoms with Crippen LogP contribution in [0.4, 0.5) is 0 Å². The smallest absolute Gasteiger partial charge is 0.316 e. The number of nitrogens with zero attached hydrogens (tertiary/aromatic N) is 1. The predicted molar refractivity (Wildman–Crippen MR) is 52.1 cm³/mol. The number of ether oxygens (including phenoxy) is 1. The maximum absolute atomic E-state index is 10.7. The molecule has 0 spiro atoms. The molecule has 0 aromatic heterocycles. The van der Waals surface area contributed by atoms with E-state index >= 15 is 0 Å².